The zero-order valence-corrected chi connectivity index (χ0v) is 11.7. The van der Waals surface area contributed by atoms with Crippen LogP contribution in [0, 0.1) is 0 Å². The molecule has 0 radical (unpaired) electrons. The smallest absolute Gasteiger partial charge is 0.106 e. The molecule has 0 aliphatic heterocycles. The summed E-state index contributed by atoms with van der Waals surface area (Å²) >= 11 is 6.75. The van der Waals surface area contributed by atoms with Crippen molar-refractivity contribution in [3.05, 3.63) is 46.4 Å². The second-order valence-corrected chi connectivity index (χ2v) is 5.39. The van der Waals surface area contributed by atoms with Crippen molar-refractivity contribution in [2.24, 2.45) is 5.73 Å². The predicted octanol–water partition coefficient (Wildman–Crippen LogP) is 2.82. The first-order chi connectivity index (χ1) is 8.66. The highest BCUT2D eigenvalue weighted by Crippen LogP contribution is 2.16. The molecule has 0 saturated carbocycles. The highest BCUT2D eigenvalue weighted by Gasteiger charge is 2.09. The Labute approximate surface area is 116 Å². The Kier molecular flexibility index (Phi) is 4.28. The summed E-state index contributed by atoms with van der Waals surface area (Å²) in [5.41, 5.74) is 8.77. The Balaban J connectivity index is 2.07. The van der Waals surface area contributed by atoms with Crippen molar-refractivity contribution in [1.29, 1.82) is 0 Å². The molecule has 1 atom stereocenters. The standard InChI is InChI=1S/C13H15N3S2/c1-9(6-10-3-5-18-8-10)16-12-7-15-4-2-11(12)13(14)17/h2-5,7-9,16H,6H2,1H3,(H2,14,17). The lowest BCUT2D eigenvalue weighted by molar-refractivity contribution is 0.791. The average Bonchev–Trinajstić information content (AvgIpc) is 2.82. The van der Waals surface area contributed by atoms with E-state index in [2.05, 4.69) is 34.1 Å². The number of pyridine rings is 1. The maximum absolute atomic E-state index is 5.69. The SMILES string of the molecule is CC(Cc1ccsc1)Nc1cnccc1C(N)=S. The number of rotatable bonds is 5. The first-order valence-electron chi connectivity index (χ1n) is 5.68. The molecule has 0 aromatic carbocycles. The minimum absolute atomic E-state index is 0.303. The molecule has 3 N–H and O–H groups in total. The molecule has 18 heavy (non-hydrogen) atoms. The summed E-state index contributed by atoms with van der Waals surface area (Å²) in [6, 6.07) is 4.28. The van der Waals surface area contributed by atoms with E-state index in [0.29, 0.717) is 11.0 Å². The molecule has 94 valence electrons. The summed E-state index contributed by atoms with van der Waals surface area (Å²) in [5.74, 6) is 0. The molecule has 2 rings (SSSR count). The Morgan fingerprint density at radius 3 is 3.06 bits per heavy atom. The minimum Gasteiger partial charge on any atom is -0.389 e. The molecule has 3 nitrogen and oxygen atoms in total. The highest BCUT2D eigenvalue weighted by atomic mass is 32.1. The molecule has 2 aromatic heterocycles. The Morgan fingerprint density at radius 2 is 2.39 bits per heavy atom. The molecule has 0 bridgehead atoms. The minimum atomic E-state index is 0.303. The van der Waals surface area contributed by atoms with Gasteiger partial charge in [-0.1, -0.05) is 12.2 Å². The van der Waals surface area contributed by atoms with E-state index in [1.807, 2.05) is 6.07 Å². The predicted molar refractivity (Wildman–Crippen MR) is 81.2 cm³/mol. The van der Waals surface area contributed by atoms with Crippen molar-refractivity contribution < 1.29 is 0 Å². The van der Waals surface area contributed by atoms with Gasteiger partial charge in [-0.15, -0.1) is 0 Å². The average molecular weight is 277 g/mol. The molecule has 0 aliphatic rings. The molecule has 2 aromatic rings. The van der Waals surface area contributed by atoms with Gasteiger partial charge in [-0.05, 0) is 41.8 Å². The molecule has 0 saturated heterocycles. The van der Waals surface area contributed by atoms with Gasteiger partial charge < -0.3 is 11.1 Å². The van der Waals surface area contributed by atoms with E-state index >= 15 is 0 Å². The van der Waals surface area contributed by atoms with Gasteiger partial charge in [0.1, 0.15) is 4.99 Å². The number of hydrogen-bond donors (Lipinski definition) is 2. The van der Waals surface area contributed by atoms with Crippen LogP contribution in [0.3, 0.4) is 0 Å². The van der Waals surface area contributed by atoms with Gasteiger partial charge in [-0.25, -0.2) is 0 Å². The van der Waals surface area contributed by atoms with Gasteiger partial charge in [0.05, 0.1) is 11.9 Å². The van der Waals surface area contributed by atoms with Gasteiger partial charge in [0.15, 0.2) is 0 Å². The largest absolute Gasteiger partial charge is 0.389 e. The van der Waals surface area contributed by atoms with E-state index in [1.54, 1.807) is 23.7 Å². The number of aromatic nitrogens is 1. The van der Waals surface area contributed by atoms with E-state index in [-0.39, 0.29) is 0 Å². The zero-order chi connectivity index (χ0) is 13.0. The van der Waals surface area contributed by atoms with E-state index in [1.165, 1.54) is 5.56 Å². The second kappa shape index (κ2) is 5.93. The molecule has 5 heteroatoms. The third kappa shape index (κ3) is 3.27. The highest BCUT2D eigenvalue weighted by molar-refractivity contribution is 7.80. The third-order valence-corrected chi connectivity index (χ3v) is 3.56. The quantitative estimate of drug-likeness (QED) is 0.825. The van der Waals surface area contributed by atoms with Crippen LogP contribution in [-0.4, -0.2) is 16.0 Å². The van der Waals surface area contributed by atoms with Crippen molar-refractivity contribution in [3.8, 4) is 0 Å². The summed E-state index contributed by atoms with van der Waals surface area (Å²) in [5, 5.41) is 7.66. The number of hydrogen-bond acceptors (Lipinski definition) is 4. The lowest BCUT2D eigenvalue weighted by Gasteiger charge is -2.16. The number of nitrogens with two attached hydrogens (primary N) is 1. The Bertz CT molecular complexity index is 523. The van der Waals surface area contributed by atoms with Crippen molar-refractivity contribution in [2.45, 2.75) is 19.4 Å². The summed E-state index contributed by atoms with van der Waals surface area (Å²) in [7, 11) is 0. The maximum Gasteiger partial charge on any atom is 0.106 e. The molecule has 0 fully saturated rings. The van der Waals surface area contributed by atoms with E-state index < -0.39 is 0 Å². The van der Waals surface area contributed by atoms with Crippen molar-refractivity contribution >= 4 is 34.2 Å². The molecule has 0 spiro atoms. The first kappa shape index (κ1) is 13.0. The van der Waals surface area contributed by atoms with Crippen LogP contribution in [0.15, 0.2) is 35.3 Å². The summed E-state index contributed by atoms with van der Waals surface area (Å²) < 4.78 is 0. The number of nitrogens with one attached hydrogen (secondary N) is 1. The van der Waals surface area contributed by atoms with Crippen LogP contribution in [0.2, 0.25) is 0 Å². The van der Waals surface area contributed by atoms with Gasteiger partial charge >= 0.3 is 0 Å². The van der Waals surface area contributed by atoms with Crippen LogP contribution in [0.5, 0.6) is 0 Å². The third-order valence-electron chi connectivity index (χ3n) is 2.61. The molecular weight excluding hydrogens is 262 g/mol. The fraction of sp³-hybridized carbons (Fsp3) is 0.231. The van der Waals surface area contributed by atoms with Gasteiger partial charge in [0.25, 0.3) is 0 Å². The summed E-state index contributed by atoms with van der Waals surface area (Å²) in [6.07, 6.45) is 4.43. The monoisotopic (exact) mass is 277 g/mol. The molecular formula is C13H15N3S2. The Hall–Kier alpha value is -1.46. The first-order valence-corrected chi connectivity index (χ1v) is 7.03. The maximum atomic E-state index is 5.69. The number of thiocarbonyl (C=S) groups is 1. The van der Waals surface area contributed by atoms with Crippen molar-refractivity contribution in [2.75, 3.05) is 5.32 Å². The van der Waals surface area contributed by atoms with Gasteiger partial charge in [-0.3, -0.25) is 4.98 Å². The van der Waals surface area contributed by atoms with E-state index in [4.69, 9.17) is 18.0 Å². The normalized spacial score (nSPS) is 12.1. The molecule has 2 heterocycles. The lowest BCUT2D eigenvalue weighted by Crippen LogP contribution is -2.21. The summed E-state index contributed by atoms with van der Waals surface area (Å²) in [4.78, 5) is 4.49. The van der Waals surface area contributed by atoms with Crippen LogP contribution < -0.4 is 11.1 Å². The number of anilines is 1. The van der Waals surface area contributed by atoms with Crippen molar-refractivity contribution in [1.82, 2.24) is 4.98 Å². The van der Waals surface area contributed by atoms with E-state index in [0.717, 1.165) is 17.7 Å². The van der Waals surface area contributed by atoms with Crippen LogP contribution in [0.25, 0.3) is 0 Å². The van der Waals surface area contributed by atoms with Crippen molar-refractivity contribution in [3.63, 3.8) is 0 Å². The molecule has 1 unspecified atom stereocenters. The fourth-order valence-electron chi connectivity index (χ4n) is 1.80. The number of thiophene rings is 1. The van der Waals surface area contributed by atoms with Crippen LogP contribution in [0.1, 0.15) is 18.1 Å². The second-order valence-electron chi connectivity index (χ2n) is 4.17. The van der Waals surface area contributed by atoms with Crippen LogP contribution >= 0.6 is 23.6 Å². The van der Waals surface area contributed by atoms with E-state index in [9.17, 15) is 0 Å². The van der Waals surface area contributed by atoms with Gasteiger partial charge in [0.2, 0.25) is 0 Å². The lowest BCUT2D eigenvalue weighted by atomic mass is 10.1. The summed E-state index contributed by atoms with van der Waals surface area (Å²) in [6.45, 7) is 2.13. The molecule has 0 aliphatic carbocycles. The van der Waals surface area contributed by atoms with Crippen LogP contribution in [0.4, 0.5) is 5.69 Å². The van der Waals surface area contributed by atoms with Gasteiger partial charge in [0, 0.05) is 17.8 Å². The zero-order valence-electron chi connectivity index (χ0n) is 10.1. The van der Waals surface area contributed by atoms with Gasteiger partial charge in [-0.2, -0.15) is 11.3 Å². The van der Waals surface area contributed by atoms with Crippen LogP contribution in [-0.2, 0) is 6.42 Å². The number of nitrogens with zero attached hydrogens (tertiary/aromatic N) is 1. The fourth-order valence-corrected chi connectivity index (χ4v) is 2.66. The Morgan fingerprint density at radius 1 is 1.56 bits per heavy atom. The molecule has 0 amide bonds. The topological polar surface area (TPSA) is 50.9 Å².